The molecule has 27 heavy (non-hydrogen) atoms. The van der Waals surface area contributed by atoms with Crippen LogP contribution in [0, 0.1) is 5.82 Å². The SMILES string of the molecule is O=C(Cc1ccccc1)N1CC[C@H](O)[C@@](O)(CNCc2ccc(F)cc2)C1. The summed E-state index contributed by atoms with van der Waals surface area (Å²) in [6, 6.07) is 15.6. The largest absolute Gasteiger partial charge is 0.390 e. The second-order valence-corrected chi connectivity index (χ2v) is 7.12. The number of amides is 1. The Bertz CT molecular complexity index is 754. The van der Waals surface area contributed by atoms with Crippen molar-refractivity contribution in [3.05, 3.63) is 71.5 Å². The molecular formula is C21H25FN2O3. The highest BCUT2D eigenvalue weighted by molar-refractivity contribution is 5.79. The fraction of sp³-hybridized carbons (Fsp3) is 0.381. The Hall–Kier alpha value is -2.28. The van der Waals surface area contributed by atoms with Crippen molar-refractivity contribution in [1.82, 2.24) is 10.2 Å². The minimum atomic E-state index is -1.41. The molecule has 0 aromatic heterocycles. The fourth-order valence-corrected chi connectivity index (χ4v) is 3.36. The first-order chi connectivity index (χ1) is 13.0. The Morgan fingerprint density at radius 1 is 1.15 bits per heavy atom. The second kappa shape index (κ2) is 8.61. The molecule has 0 spiro atoms. The number of nitrogens with one attached hydrogen (secondary N) is 1. The molecule has 0 bridgehead atoms. The lowest BCUT2D eigenvalue weighted by Gasteiger charge is -2.43. The lowest BCUT2D eigenvalue weighted by Crippen LogP contribution is -2.62. The van der Waals surface area contributed by atoms with Gasteiger partial charge in [0.15, 0.2) is 0 Å². The van der Waals surface area contributed by atoms with Crippen molar-refractivity contribution in [2.75, 3.05) is 19.6 Å². The Morgan fingerprint density at radius 2 is 1.85 bits per heavy atom. The smallest absolute Gasteiger partial charge is 0.227 e. The Morgan fingerprint density at radius 3 is 2.56 bits per heavy atom. The third-order valence-corrected chi connectivity index (χ3v) is 4.98. The summed E-state index contributed by atoms with van der Waals surface area (Å²) in [7, 11) is 0. The zero-order chi connectivity index (χ0) is 19.3. The van der Waals surface area contributed by atoms with Crippen LogP contribution in [0.15, 0.2) is 54.6 Å². The summed E-state index contributed by atoms with van der Waals surface area (Å²) in [4.78, 5) is 14.2. The van der Waals surface area contributed by atoms with E-state index in [2.05, 4.69) is 5.32 Å². The highest BCUT2D eigenvalue weighted by Gasteiger charge is 2.42. The molecule has 6 heteroatoms. The van der Waals surface area contributed by atoms with Gasteiger partial charge in [-0.15, -0.1) is 0 Å². The van der Waals surface area contributed by atoms with E-state index in [1.165, 1.54) is 12.1 Å². The van der Waals surface area contributed by atoms with Crippen LogP contribution in [0.2, 0.25) is 0 Å². The van der Waals surface area contributed by atoms with Crippen LogP contribution in [0.4, 0.5) is 4.39 Å². The maximum atomic E-state index is 13.0. The molecule has 0 saturated carbocycles. The maximum Gasteiger partial charge on any atom is 0.227 e. The van der Waals surface area contributed by atoms with Gasteiger partial charge in [-0.25, -0.2) is 4.39 Å². The quantitative estimate of drug-likeness (QED) is 0.718. The minimum Gasteiger partial charge on any atom is -0.390 e. The monoisotopic (exact) mass is 372 g/mol. The first-order valence-electron chi connectivity index (χ1n) is 9.13. The summed E-state index contributed by atoms with van der Waals surface area (Å²) >= 11 is 0. The summed E-state index contributed by atoms with van der Waals surface area (Å²) in [6.07, 6.45) is -0.301. The van der Waals surface area contributed by atoms with Crippen molar-refractivity contribution in [2.45, 2.75) is 31.1 Å². The zero-order valence-electron chi connectivity index (χ0n) is 15.1. The predicted octanol–water partition coefficient (Wildman–Crippen LogP) is 1.48. The highest BCUT2D eigenvalue weighted by Crippen LogP contribution is 2.22. The standard InChI is InChI=1S/C21H25FN2O3/c22-18-8-6-17(7-9-18)13-23-14-21(27)15-24(11-10-19(21)25)20(26)12-16-4-2-1-3-5-16/h1-9,19,23,25,27H,10-15H2/t19-,21+/m0/s1. The van der Waals surface area contributed by atoms with E-state index in [0.29, 0.717) is 19.5 Å². The molecule has 0 radical (unpaired) electrons. The van der Waals surface area contributed by atoms with Crippen molar-refractivity contribution >= 4 is 5.91 Å². The lowest BCUT2D eigenvalue weighted by molar-refractivity contribution is -0.150. The third-order valence-electron chi connectivity index (χ3n) is 4.98. The van der Waals surface area contributed by atoms with Crippen LogP contribution in [-0.4, -0.2) is 52.4 Å². The van der Waals surface area contributed by atoms with Crippen LogP contribution in [0.25, 0.3) is 0 Å². The summed E-state index contributed by atoms with van der Waals surface area (Å²) < 4.78 is 13.0. The molecule has 1 aliphatic rings. The maximum absolute atomic E-state index is 13.0. The molecule has 1 aliphatic heterocycles. The molecule has 2 aromatic rings. The van der Waals surface area contributed by atoms with Crippen LogP contribution < -0.4 is 5.32 Å². The van der Waals surface area contributed by atoms with Crippen molar-refractivity contribution < 1.29 is 19.4 Å². The summed E-state index contributed by atoms with van der Waals surface area (Å²) in [5, 5.41) is 24.3. The number of carbonyl (C=O) groups is 1. The molecule has 3 N–H and O–H groups in total. The van der Waals surface area contributed by atoms with E-state index in [4.69, 9.17) is 0 Å². The number of likely N-dealkylation sites (tertiary alicyclic amines) is 1. The average molecular weight is 372 g/mol. The molecule has 144 valence electrons. The molecule has 1 fully saturated rings. The van der Waals surface area contributed by atoms with Gasteiger partial charge in [0.1, 0.15) is 11.4 Å². The average Bonchev–Trinajstić information content (AvgIpc) is 2.66. The number of nitrogens with zero attached hydrogens (tertiary/aromatic N) is 1. The van der Waals surface area contributed by atoms with Crippen LogP contribution in [0.1, 0.15) is 17.5 Å². The van der Waals surface area contributed by atoms with Gasteiger partial charge < -0.3 is 20.4 Å². The Balaban J connectivity index is 1.56. The number of aliphatic hydroxyl groups is 2. The number of rotatable bonds is 6. The van der Waals surface area contributed by atoms with Crippen molar-refractivity contribution in [3.63, 3.8) is 0 Å². The van der Waals surface area contributed by atoms with Crippen LogP contribution in [0.5, 0.6) is 0 Å². The van der Waals surface area contributed by atoms with E-state index in [1.807, 2.05) is 30.3 Å². The number of β-amino-alcohol motifs (C(OH)–C–C–N with tert-alkyl or cyclic N) is 1. The molecule has 0 unspecified atom stereocenters. The van der Waals surface area contributed by atoms with E-state index in [1.54, 1.807) is 17.0 Å². The Labute approximate surface area is 158 Å². The van der Waals surface area contributed by atoms with Gasteiger partial charge in [0.2, 0.25) is 5.91 Å². The van der Waals surface area contributed by atoms with Crippen LogP contribution >= 0.6 is 0 Å². The molecule has 0 aliphatic carbocycles. The third kappa shape index (κ3) is 5.13. The highest BCUT2D eigenvalue weighted by atomic mass is 19.1. The zero-order valence-corrected chi connectivity index (χ0v) is 15.1. The molecule has 5 nitrogen and oxygen atoms in total. The molecule has 2 atom stereocenters. The van der Waals surface area contributed by atoms with Gasteiger partial charge in [-0.1, -0.05) is 42.5 Å². The van der Waals surface area contributed by atoms with Gasteiger partial charge >= 0.3 is 0 Å². The molecule has 2 aromatic carbocycles. The minimum absolute atomic E-state index is 0.0648. The number of piperidine rings is 1. The second-order valence-electron chi connectivity index (χ2n) is 7.12. The number of aliphatic hydroxyl groups excluding tert-OH is 1. The van der Waals surface area contributed by atoms with Gasteiger partial charge in [0, 0.05) is 19.6 Å². The lowest BCUT2D eigenvalue weighted by atomic mass is 9.89. The van der Waals surface area contributed by atoms with Crippen molar-refractivity contribution in [3.8, 4) is 0 Å². The number of benzene rings is 2. The molecule has 1 saturated heterocycles. The number of hydrogen-bond donors (Lipinski definition) is 3. The summed E-state index contributed by atoms with van der Waals surface area (Å²) in [5.41, 5.74) is 0.388. The van der Waals surface area contributed by atoms with Crippen molar-refractivity contribution in [1.29, 1.82) is 0 Å². The van der Waals surface area contributed by atoms with E-state index < -0.39 is 11.7 Å². The summed E-state index contributed by atoms with van der Waals surface area (Å²) in [5.74, 6) is -0.363. The van der Waals surface area contributed by atoms with E-state index in [-0.39, 0.29) is 31.2 Å². The van der Waals surface area contributed by atoms with E-state index >= 15 is 0 Å². The van der Waals surface area contributed by atoms with Crippen LogP contribution in [0.3, 0.4) is 0 Å². The van der Waals surface area contributed by atoms with Gasteiger partial charge in [-0.3, -0.25) is 4.79 Å². The van der Waals surface area contributed by atoms with E-state index in [9.17, 15) is 19.4 Å². The Kier molecular flexibility index (Phi) is 6.21. The first kappa shape index (κ1) is 19.5. The number of hydrogen-bond acceptors (Lipinski definition) is 4. The van der Waals surface area contributed by atoms with Crippen molar-refractivity contribution in [2.24, 2.45) is 0 Å². The van der Waals surface area contributed by atoms with Gasteiger partial charge in [0.05, 0.1) is 19.1 Å². The summed E-state index contributed by atoms with van der Waals surface area (Å²) in [6.45, 7) is 1.08. The van der Waals surface area contributed by atoms with Gasteiger partial charge in [0.25, 0.3) is 0 Å². The topological polar surface area (TPSA) is 72.8 Å². The first-order valence-corrected chi connectivity index (χ1v) is 9.13. The molecule has 1 heterocycles. The molecule has 1 amide bonds. The predicted molar refractivity (Wildman–Crippen MR) is 100 cm³/mol. The van der Waals surface area contributed by atoms with Crippen LogP contribution in [-0.2, 0) is 17.8 Å². The number of halogens is 1. The fourth-order valence-electron chi connectivity index (χ4n) is 3.36. The molecular weight excluding hydrogens is 347 g/mol. The van der Waals surface area contributed by atoms with Gasteiger partial charge in [-0.05, 0) is 29.7 Å². The van der Waals surface area contributed by atoms with Gasteiger partial charge in [-0.2, -0.15) is 0 Å². The number of carbonyl (C=O) groups excluding carboxylic acids is 1. The van der Waals surface area contributed by atoms with E-state index in [0.717, 1.165) is 11.1 Å². The normalized spacial score (nSPS) is 22.6. The molecule has 3 rings (SSSR count).